The number of nitrogens with zero attached hydrogens (tertiary/aromatic N) is 2. The Morgan fingerprint density at radius 2 is 0.521 bits per heavy atom. The fourth-order valence-corrected chi connectivity index (χ4v) is 15.5. The summed E-state index contributed by atoms with van der Waals surface area (Å²) in [5.41, 5.74) is 11.4. The van der Waals surface area contributed by atoms with Crippen LogP contribution in [-0.2, 0) is 124 Å². The van der Waals surface area contributed by atoms with Crippen LogP contribution < -0.4 is 11.5 Å². The molecule has 0 saturated carbocycles. The highest BCUT2D eigenvalue weighted by Gasteiger charge is 2.60. The largest absolute Gasteiger partial charge is 0.480 e. The summed E-state index contributed by atoms with van der Waals surface area (Å²) in [4.78, 5) is 101. The van der Waals surface area contributed by atoms with Gasteiger partial charge in [0.1, 0.15) is 171 Å². The maximum Gasteiger partial charge on any atom is 0.335 e. The van der Waals surface area contributed by atoms with Gasteiger partial charge in [0.25, 0.3) is 23.6 Å². The van der Waals surface area contributed by atoms with Crippen LogP contribution in [0.2, 0.25) is 0 Å². The first-order chi connectivity index (χ1) is 55.6. The lowest BCUT2D eigenvalue weighted by atomic mass is 9.95. The third kappa shape index (κ3) is 23.5. The van der Waals surface area contributed by atoms with Gasteiger partial charge in [0.05, 0.1) is 84.5 Å². The van der Waals surface area contributed by atoms with Gasteiger partial charge in [-0.15, -0.1) is 10.1 Å². The predicted octanol–water partition coefficient (Wildman–Crippen LogP) is -15.9. The van der Waals surface area contributed by atoms with Gasteiger partial charge >= 0.3 is 23.9 Å². The normalized spacial score (nSPS) is 42.2. The maximum atomic E-state index is 11.7. The minimum absolute atomic E-state index is 0.000358. The van der Waals surface area contributed by atoms with Crippen molar-refractivity contribution in [3.8, 4) is 0 Å². The number of ether oxygens (including phenoxy) is 16. The molecule has 53 heteroatoms. The topological polar surface area (TPSA) is 786 Å². The minimum atomic E-state index is -2.27. The lowest BCUT2D eigenvalue weighted by Gasteiger charge is -2.50. The molecule has 51 nitrogen and oxygen atoms in total. The van der Waals surface area contributed by atoms with E-state index >= 15 is 0 Å². The summed E-state index contributed by atoms with van der Waals surface area (Å²) < 4.78 is 91.9. The van der Waals surface area contributed by atoms with E-state index in [4.69, 9.17) is 87.3 Å². The average molecular weight is 1740 g/mol. The van der Waals surface area contributed by atoms with E-state index in [-0.39, 0.29) is 76.5 Å². The van der Waals surface area contributed by atoms with Crippen LogP contribution in [0.15, 0.2) is 0 Å². The number of imide groups is 2. The molecule has 0 aromatic heterocycles. The fraction of sp³-hybridized carbons (Fsp3) is 0.875. The summed E-state index contributed by atoms with van der Waals surface area (Å²) in [5.74, 6) is -8.00. The summed E-state index contributed by atoms with van der Waals surface area (Å²) in [6, 6.07) is -2.94. The molecule has 0 aromatic carbocycles. The molecule has 23 heterocycles. The highest BCUT2D eigenvalue weighted by molar-refractivity contribution is 7.99. The van der Waals surface area contributed by atoms with Gasteiger partial charge in [0, 0.05) is 48.7 Å². The van der Waals surface area contributed by atoms with Gasteiger partial charge in [-0.3, -0.25) is 28.8 Å². The lowest BCUT2D eigenvalue weighted by Crippen LogP contribution is -2.68. The van der Waals surface area contributed by atoms with Gasteiger partial charge < -0.3 is 204 Å². The van der Waals surface area contributed by atoms with Crippen LogP contribution in [0.3, 0.4) is 0 Å². The highest BCUT2D eigenvalue weighted by Crippen LogP contribution is 2.40. The van der Waals surface area contributed by atoms with Crippen LogP contribution in [0.1, 0.15) is 38.5 Å². The smallest absolute Gasteiger partial charge is 0.335 e. The second-order valence-corrected chi connectivity index (χ2v) is 30.2. The second kappa shape index (κ2) is 44.1. The number of hydroxylamine groups is 4. The Morgan fingerprint density at radius 1 is 0.325 bits per heavy atom. The molecule has 23 rings (SSSR count). The van der Waals surface area contributed by atoms with Crippen LogP contribution in [-0.4, -0.2) is 474 Å². The Labute approximate surface area is 669 Å². The summed E-state index contributed by atoms with van der Waals surface area (Å²) in [7, 11) is 0. The van der Waals surface area contributed by atoms with Gasteiger partial charge in [-0.05, 0) is 0 Å². The highest BCUT2D eigenvalue weighted by atomic mass is 32.2. The zero-order valence-electron chi connectivity index (χ0n) is 61.7. The van der Waals surface area contributed by atoms with Crippen molar-refractivity contribution in [1.82, 2.24) is 10.1 Å². The van der Waals surface area contributed by atoms with Crippen molar-refractivity contribution < 1.29 is 231 Å². The van der Waals surface area contributed by atoms with Crippen LogP contribution in [0, 0.1) is 0 Å². The van der Waals surface area contributed by atoms with E-state index in [2.05, 4.69) is 9.68 Å². The molecule has 117 heavy (non-hydrogen) atoms. The third-order valence-corrected chi connectivity index (χ3v) is 22.2. The Balaban J connectivity index is 0.000000469. The Kier molecular flexibility index (Phi) is 36.3. The van der Waals surface area contributed by atoms with Gasteiger partial charge in [0.2, 0.25) is 0 Å². The van der Waals surface area contributed by atoms with E-state index < -0.39 is 319 Å². The van der Waals surface area contributed by atoms with Gasteiger partial charge in [0.15, 0.2) is 44.0 Å². The number of aliphatic hydroxyl groups excluding tert-OH is 19. The van der Waals surface area contributed by atoms with Crippen LogP contribution in [0.4, 0.5) is 0 Å². The zero-order valence-corrected chi connectivity index (χ0v) is 63.3. The molecular weight excluding hydrogens is 1640 g/mol. The molecule has 23 aliphatic heterocycles. The summed E-state index contributed by atoms with van der Waals surface area (Å²) in [6.07, 6.45) is -71.6. The molecule has 14 bridgehead atoms. The summed E-state index contributed by atoms with van der Waals surface area (Å²) in [6.45, 7) is -5.17. The molecule has 16 unspecified atom stereocenters. The Hall–Kier alpha value is -4.62. The Morgan fingerprint density at radius 3 is 0.718 bits per heavy atom. The van der Waals surface area contributed by atoms with Crippen molar-refractivity contribution in [2.75, 3.05) is 82.5 Å². The number of carboxylic acids is 2. The molecule has 670 valence electrons. The number of carbonyl (C=O) groups excluding carboxylic acids is 6. The average Bonchev–Trinajstić information content (AvgIpc) is 1.37. The monoisotopic (exact) mass is 1740 g/mol. The summed E-state index contributed by atoms with van der Waals surface area (Å²) >= 11 is 1.60. The van der Waals surface area contributed by atoms with E-state index in [1.165, 1.54) is 0 Å². The standard InChI is InChI=1S/C48H80N2O37S2.C16H20N2O10/c49-10(40(70)71)6-88-8-17-38-25(62)32(69)48(80-17)85-37-16(5-55)76-44(28(65)21(37)58)83-35-14(3-53)78-46(30(67)23(35)60)87-39-18(9-89-7-11(50)41(72)73)79-47(31(68)24(39)61)84-36-15(4-54)75-43(27(64)20(36)57)81-33-12(1-51)74-42(26(63)19(33)56)82-34-13(2-52)77-45(86-38)29(66)22(34)59;19-11-1-2-12(20)17(11)27-15(23)5-7-25-9-10-26-8-6-16(24)28-18-13(21)3-4-14(18)22/h10-39,42-48,51-69H,1-9,49-50H2,(H,70,71)(H,72,73);1-10H2/t10?,11?,12?,13?,14?,15?,16?,17?,18?,19-,20-,21-,22-,23-,24-,25-,26?,27?,28?,29?,30?,31?,32?,33-,34-,35-,36-,37-,38-,39-,42-,43-,44+,45+,46+,47+,48-;/m1./s1. The first-order valence-corrected chi connectivity index (χ1v) is 39.0. The minimum Gasteiger partial charge on any atom is -0.480 e. The van der Waals surface area contributed by atoms with E-state index in [1.807, 2.05) is 0 Å². The Bertz CT molecular complexity index is 3120. The number of carbonyl (C=O) groups is 8. The first kappa shape index (κ1) is 96.2. The molecule has 0 spiro atoms. The van der Waals surface area contributed by atoms with Crippen molar-refractivity contribution in [3.63, 3.8) is 0 Å². The van der Waals surface area contributed by atoms with Gasteiger partial charge in [-0.2, -0.15) is 23.5 Å². The van der Waals surface area contributed by atoms with Gasteiger partial charge in [-0.1, -0.05) is 0 Å². The number of rotatable bonds is 26. The maximum absolute atomic E-state index is 11.7. The number of thioether (sulfide) groups is 2. The summed E-state index contributed by atoms with van der Waals surface area (Å²) in [5, 5.41) is 234. The molecular formula is C64H100N4O47S2. The molecule has 0 aliphatic carbocycles. The van der Waals surface area contributed by atoms with E-state index in [9.17, 15) is 146 Å². The van der Waals surface area contributed by atoms with E-state index in [0.717, 1.165) is 23.5 Å². The van der Waals surface area contributed by atoms with Crippen LogP contribution in [0.25, 0.3) is 0 Å². The molecule has 4 amide bonds. The number of aliphatic carboxylic acids is 2. The second-order valence-electron chi connectivity index (χ2n) is 28.1. The molecule has 23 saturated heterocycles. The number of amides is 4. The molecule has 23 aliphatic rings. The molecule has 37 atom stereocenters. The molecule has 25 N–H and O–H groups in total. The number of nitrogens with two attached hydrogens (primary N) is 2. The predicted molar refractivity (Wildman–Crippen MR) is 365 cm³/mol. The van der Waals surface area contributed by atoms with Crippen molar-refractivity contribution >= 4 is 71.0 Å². The van der Waals surface area contributed by atoms with Crippen molar-refractivity contribution in [3.05, 3.63) is 0 Å². The van der Waals surface area contributed by atoms with Crippen LogP contribution >= 0.6 is 23.5 Å². The van der Waals surface area contributed by atoms with Crippen molar-refractivity contribution in [1.29, 1.82) is 0 Å². The fourth-order valence-electron chi connectivity index (χ4n) is 13.4. The number of aliphatic hydroxyl groups is 19. The van der Waals surface area contributed by atoms with E-state index in [1.54, 1.807) is 0 Å². The third-order valence-electron chi connectivity index (χ3n) is 19.9. The van der Waals surface area contributed by atoms with Crippen molar-refractivity contribution in [2.45, 2.75) is 266 Å². The number of hydrogen-bond donors (Lipinski definition) is 23. The lowest BCUT2D eigenvalue weighted by molar-refractivity contribution is -0.395. The molecule has 0 radical (unpaired) electrons. The quantitative estimate of drug-likeness (QED) is 0.0282. The number of carboxylic acid groups (broad SMARTS) is 2. The number of hydrogen-bond acceptors (Lipinski definition) is 49. The van der Waals surface area contributed by atoms with Crippen molar-refractivity contribution in [2.24, 2.45) is 11.5 Å². The van der Waals surface area contributed by atoms with Crippen LogP contribution in [0.5, 0.6) is 0 Å². The molecule has 23 fully saturated rings. The zero-order chi connectivity index (χ0) is 85.7. The van der Waals surface area contributed by atoms with E-state index in [0.29, 0.717) is 10.1 Å². The SMILES string of the molecule is NC(CSCC1O[C@@H]2O[C@@H]3C(CO)O[C@@H](O[C@@H]4C(CO)O[C@@H](O[C@@H]5C(CSCC(N)C(=O)O)O[C@@H](O[C@@H]6C(CO)O[C@H](O[C@@H]7C(CO)O[C@H](O[C@@H]8C(CO)O[C@@H](O[C@H]1[C@H](O)C2O)C(O)[C@H]8O)C(O)[C@H]7O)C(O)[C@H]6O)C(O)[C@H]5O)C(O)[C@H]4O)C(O)[C@H]3O)C(=O)O.O=C(CCOCCOCCC(=O)ON1C(=O)CCC1=O)ON1C(=O)CCC1=O. The molecule has 0 aromatic rings. The van der Waals surface area contributed by atoms with Gasteiger partial charge in [-0.25, -0.2) is 9.59 Å². The first-order valence-electron chi connectivity index (χ1n) is 36.7.